The Labute approximate surface area is 179 Å². The summed E-state index contributed by atoms with van der Waals surface area (Å²) in [6.45, 7) is 3.20. The van der Waals surface area contributed by atoms with E-state index in [-0.39, 0.29) is 12.5 Å². The van der Waals surface area contributed by atoms with Crippen LogP contribution in [0, 0.1) is 0 Å². The average molecular weight is 426 g/mol. The molecular weight excluding hydrogens is 402 g/mol. The van der Waals surface area contributed by atoms with Gasteiger partial charge >= 0.3 is 0 Å². The number of amides is 2. The van der Waals surface area contributed by atoms with Crippen LogP contribution in [0.15, 0.2) is 64.5 Å². The zero-order valence-corrected chi connectivity index (χ0v) is 17.4. The second-order valence-corrected chi connectivity index (χ2v) is 7.33. The number of nitrogens with two attached hydrogens (primary N) is 1. The van der Waals surface area contributed by atoms with Crippen molar-refractivity contribution < 1.29 is 19.1 Å². The standard InChI is InChI=1S/C22H23N3O4S/c1-2-28-13-12-25-21(27)19(30-22(25)24-17-6-4-3-5-7-17)14-16-8-10-18(11-9-16)29-15-20(23)26/h3-11,14H,2,12-13,15H2,1H3,(H2,23,26)/b19-14-,24-22?. The monoisotopic (exact) mass is 425 g/mol. The molecule has 8 heteroatoms. The lowest BCUT2D eigenvalue weighted by atomic mass is 10.2. The van der Waals surface area contributed by atoms with Crippen LogP contribution < -0.4 is 10.5 Å². The summed E-state index contributed by atoms with van der Waals surface area (Å²) in [7, 11) is 0. The van der Waals surface area contributed by atoms with Crippen molar-refractivity contribution in [2.45, 2.75) is 6.92 Å². The summed E-state index contributed by atoms with van der Waals surface area (Å²) >= 11 is 1.33. The van der Waals surface area contributed by atoms with Crippen molar-refractivity contribution in [2.24, 2.45) is 10.7 Å². The highest BCUT2D eigenvalue weighted by molar-refractivity contribution is 8.18. The van der Waals surface area contributed by atoms with E-state index in [1.807, 2.05) is 55.5 Å². The first kappa shape index (κ1) is 21.6. The van der Waals surface area contributed by atoms with Crippen LogP contribution in [0.5, 0.6) is 5.75 Å². The van der Waals surface area contributed by atoms with Crippen molar-refractivity contribution in [3.8, 4) is 5.75 Å². The smallest absolute Gasteiger partial charge is 0.266 e. The maximum Gasteiger partial charge on any atom is 0.266 e. The van der Waals surface area contributed by atoms with Crippen LogP contribution in [-0.2, 0) is 14.3 Å². The Balaban J connectivity index is 1.79. The Morgan fingerprint density at radius 3 is 2.57 bits per heavy atom. The predicted molar refractivity (Wildman–Crippen MR) is 118 cm³/mol. The number of hydrogen-bond acceptors (Lipinski definition) is 6. The van der Waals surface area contributed by atoms with Crippen LogP contribution in [-0.4, -0.2) is 48.2 Å². The molecule has 0 aliphatic carbocycles. The van der Waals surface area contributed by atoms with Crippen molar-refractivity contribution in [3.63, 3.8) is 0 Å². The van der Waals surface area contributed by atoms with Gasteiger partial charge in [-0.1, -0.05) is 30.3 Å². The normalized spacial score (nSPS) is 16.4. The Hall–Kier alpha value is -3.10. The number of ether oxygens (including phenoxy) is 2. The number of benzene rings is 2. The van der Waals surface area contributed by atoms with Crippen LogP contribution >= 0.6 is 11.8 Å². The van der Waals surface area contributed by atoms with Crippen molar-refractivity contribution >= 4 is 40.5 Å². The Kier molecular flexibility index (Phi) is 7.64. The zero-order valence-electron chi connectivity index (χ0n) is 16.6. The van der Waals surface area contributed by atoms with Gasteiger partial charge in [-0.25, -0.2) is 4.99 Å². The van der Waals surface area contributed by atoms with Gasteiger partial charge in [-0.15, -0.1) is 0 Å². The number of nitrogens with zero attached hydrogens (tertiary/aromatic N) is 2. The molecule has 0 spiro atoms. The molecule has 0 bridgehead atoms. The second kappa shape index (κ2) is 10.6. The Morgan fingerprint density at radius 2 is 1.90 bits per heavy atom. The van der Waals surface area contributed by atoms with Crippen LogP contribution in [0.4, 0.5) is 5.69 Å². The summed E-state index contributed by atoms with van der Waals surface area (Å²) < 4.78 is 10.7. The van der Waals surface area contributed by atoms with Gasteiger partial charge in [0.1, 0.15) is 5.75 Å². The van der Waals surface area contributed by atoms with E-state index in [0.29, 0.717) is 35.6 Å². The first-order valence-electron chi connectivity index (χ1n) is 9.51. The van der Waals surface area contributed by atoms with Crippen molar-refractivity contribution in [1.29, 1.82) is 0 Å². The number of aliphatic imine (C=N–C) groups is 1. The van der Waals surface area contributed by atoms with Gasteiger partial charge < -0.3 is 15.2 Å². The molecule has 0 atom stereocenters. The number of carbonyl (C=O) groups excluding carboxylic acids is 2. The molecule has 0 radical (unpaired) electrons. The molecule has 1 heterocycles. The van der Waals surface area contributed by atoms with Gasteiger partial charge in [0.25, 0.3) is 11.8 Å². The largest absolute Gasteiger partial charge is 0.484 e. The topological polar surface area (TPSA) is 94.2 Å². The Morgan fingerprint density at radius 1 is 1.17 bits per heavy atom. The molecule has 2 aromatic rings. The van der Waals surface area contributed by atoms with E-state index in [1.54, 1.807) is 17.0 Å². The summed E-state index contributed by atoms with van der Waals surface area (Å²) in [6.07, 6.45) is 1.81. The molecule has 1 aliphatic heterocycles. The lowest BCUT2D eigenvalue weighted by Gasteiger charge is -2.15. The van der Waals surface area contributed by atoms with Crippen LogP contribution in [0.1, 0.15) is 12.5 Å². The van der Waals surface area contributed by atoms with E-state index in [9.17, 15) is 9.59 Å². The van der Waals surface area contributed by atoms with Crippen LogP contribution in [0.3, 0.4) is 0 Å². The summed E-state index contributed by atoms with van der Waals surface area (Å²) in [5.74, 6) is -0.110. The first-order valence-corrected chi connectivity index (χ1v) is 10.3. The molecule has 1 aliphatic rings. The maximum absolute atomic E-state index is 13.0. The number of thioether (sulfide) groups is 1. The molecule has 1 saturated heterocycles. The van der Waals surface area contributed by atoms with E-state index >= 15 is 0 Å². The number of primary amides is 1. The SMILES string of the molecule is CCOCCN1C(=O)/C(=C/c2ccc(OCC(N)=O)cc2)SC1=Nc1ccccc1. The zero-order chi connectivity index (χ0) is 21.3. The summed E-state index contributed by atoms with van der Waals surface area (Å²) in [4.78, 5) is 30.6. The predicted octanol–water partition coefficient (Wildman–Crippen LogP) is 3.19. The third-order valence-electron chi connectivity index (χ3n) is 4.09. The van der Waals surface area contributed by atoms with E-state index in [0.717, 1.165) is 11.3 Å². The highest BCUT2D eigenvalue weighted by Gasteiger charge is 2.33. The molecule has 2 N–H and O–H groups in total. The summed E-state index contributed by atoms with van der Waals surface area (Å²) in [6, 6.07) is 16.6. The van der Waals surface area contributed by atoms with Gasteiger partial charge in [0.15, 0.2) is 11.8 Å². The molecular formula is C22H23N3O4S. The lowest BCUT2D eigenvalue weighted by Crippen LogP contribution is -2.32. The van der Waals surface area contributed by atoms with Gasteiger partial charge in [0.05, 0.1) is 23.7 Å². The molecule has 0 aromatic heterocycles. The van der Waals surface area contributed by atoms with E-state index in [1.165, 1.54) is 11.8 Å². The number of amidine groups is 1. The molecule has 30 heavy (non-hydrogen) atoms. The number of para-hydroxylation sites is 1. The van der Waals surface area contributed by atoms with Gasteiger partial charge in [-0.05, 0) is 54.6 Å². The third kappa shape index (κ3) is 5.95. The second-order valence-electron chi connectivity index (χ2n) is 6.32. The summed E-state index contributed by atoms with van der Waals surface area (Å²) in [5.41, 5.74) is 6.70. The molecule has 7 nitrogen and oxygen atoms in total. The molecule has 156 valence electrons. The molecule has 3 rings (SSSR count). The highest BCUT2D eigenvalue weighted by Crippen LogP contribution is 2.34. The van der Waals surface area contributed by atoms with E-state index in [2.05, 4.69) is 4.99 Å². The molecule has 2 aromatic carbocycles. The Bertz CT molecular complexity index is 943. The fourth-order valence-electron chi connectivity index (χ4n) is 2.67. The van der Waals surface area contributed by atoms with Crippen LogP contribution in [0.2, 0.25) is 0 Å². The lowest BCUT2D eigenvalue weighted by molar-refractivity contribution is -0.122. The number of carbonyl (C=O) groups is 2. The van der Waals surface area contributed by atoms with Gasteiger partial charge in [-0.3, -0.25) is 14.5 Å². The average Bonchev–Trinajstić information content (AvgIpc) is 3.03. The minimum Gasteiger partial charge on any atom is -0.484 e. The first-order chi connectivity index (χ1) is 14.6. The van der Waals surface area contributed by atoms with Crippen molar-refractivity contribution in [2.75, 3.05) is 26.4 Å². The summed E-state index contributed by atoms with van der Waals surface area (Å²) in [5, 5.41) is 0.624. The third-order valence-corrected chi connectivity index (χ3v) is 5.10. The van der Waals surface area contributed by atoms with Crippen LogP contribution in [0.25, 0.3) is 6.08 Å². The van der Waals surface area contributed by atoms with Gasteiger partial charge in [-0.2, -0.15) is 0 Å². The fourth-order valence-corrected chi connectivity index (χ4v) is 3.69. The molecule has 1 fully saturated rings. The maximum atomic E-state index is 13.0. The quantitative estimate of drug-likeness (QED) is 0.492. The van der Waals surface area contributed by atoms with E-state index < -0.39 is 5.91 Å². The number of hydrogen-bond donors (Lipinski definition) is 1. The highest BCUT2D eigenvalue weighted by atomic mass is 32.2. The fraction of sp³-hybridized carbons (Fsp3) is 0.227. The van der Waals surface area contributed by atoms with Gasteiger partial charge in [0.2, 0.25) is 0 Å². The molecule has 2 amide bonds. The van der Waals surface area contributed by atoms with Crippen molar-refractivity contribution in [1.82, 2.24) is 4.90 Å². The van der Waals surface area contributed by atoms with Gasteiger partial charge in [0, 0.05) is 6.61 Å². The minimum atomic E-state index is -0.536. The van der Waals surface area contributed by atoms with E-state index in [4.69, 9.17) is 15.2 Å². The minimum absolute atomic E-state index is 0.108. The molecule has 0 saturated carbocycles. The molecule has 0 unspecified atom stereocenters. The number of rotatable bonds is 9. The van der Waals surface area contributed by atoms with Crippen molar-refractivity contribution in [3.05, 3.63) is 65.1 Å².